The standard InChI is InChI=1S/C30H42F2N4O3/c1-4-35-28(39)36(20(2)3)27(38)29(35)18-23-10-11-24(19-29)34(23)17-14-25(21-8-6-5-7-9-21)33-26(37)22-12-15-30(31,32)16-13-22/h5-9,20,22-25H,4,10-19H2,1-3H3,(H,33,37)/t23?,24?,25-,29?/m0/s1. The first-order chi connectivity index (χ1) is 18.6. The van der Waals surface area contributed by atoms with Crippen molar-refractivity contribution in [2.45, 2.75) is 114 Å². The van der Waals surface area contributed by atoms with Gasteiger partial charge in [-0.05, 0) is 71.3 Å². The molecule has 0 aromatic heterocycles. The minimum Gasteiger partial charge on any atom is -0.349 e. The number of nitrogens with zero attached hydrogens (tertiary/aromatic N) is 3. The van der Waals surface area contributed by atoms with Crippen LogP contribution in [0.25, 0.3) is 0 Å². The Bertz CT molecular complexity index is 1060. The van der Waals surface area contributed by atoms with Crippen LogP contribution in [-0.2, 0) is 9.59 Å². The van der Waals surface area contributed by atoms with Gasteiger partial charge in [-0.25, -0.2) is 13.6 Å². The van der Waals surface area contributed by atoms with Gasteiger partial charge in [0.15, 0.2) is 0 Å². The summed E-state index contributed by atoms with van der Waals surface area (Å²) in [6.45, 7) is 7.01. The Kier molecular flexibility index (Phi) is 7.74. The van der Waals surface area contributed by atoms with Gasteiger partial charge in [-0.15, -0.1) is 0 Å². The summed E-state index contributed by atoms with van der Waals surface area (Å²) >= 11 is 0. The number of carbonyl (C=O) groups excluding carboxylic acids is 3. The smallest absolute Gasteiger partial charge is 0.327 e. The van der Waals surface area contributed by atoms with E-state index in [0.29, 0.717) is 25.8 Å². The van der Waals surface area contributed by atoms with E-state index in [9.17, 15) is 23.2 Å². The Morgan fingerprint density at radius 1 is 1.03 bits per heavy atom. The summed E-state index contributed by atoms with van der Waals surface area (Å²) in [6.07, 6.45) is 3.93. The number of rotatable bonds is 8. The van der Waals surface area contributed by atoms with Crippen molar-refractivity contribution in [1.82, 2.24) is 20.0 Å². The fourth-order valence-electron chi connectivity index (χ4n) is 7.59. The molecule has 3 atom stereocenters. The molecule has 3 heterocycles. The number of urea groups is 1. The number of piperidine rings is 1. The molecule has 2 unspecified atom stereocenters. The summed E-state index contributed by atoms with van der Waals surface area (Å²) < 4.78 is 27.3. The van der Waals surface area contributed by atoms with Crippen molar-refractivity contribution in [3.63, 3.8) is 0 Å². The Morgan fingerprint density at radius 2 is 1.64 bits per heavy atom. The van der Waals surface area contributed by atoms with Crippen LogP contribution in [0.1, 0.15) is 90.2 Å². The monoisotopic (exact) mass is 544 g/mol. The SMILES string of the molecule is CCN1C(=O)N(C(C)C)C(=O)C12CC1CCC(C2)N1CC[C@H](NC(=O)C1CCC(F)(F)CC1)c1ccccc1. The highest BCUT2D eigenvalue weighted by atomic mass is 19.3. The van der Waals surface area contributed by atoms with E-state index in [0.717, 1.165) is 24.9 Å². The average Bonchev–Trinajstić information content (AvgIpc) is 3.26. The van der Waals surface area contributed by atoms with Crippen LogP contribution in [0.5, 0.6) is 0 Å². The molecule has 7 nitrogen and oxygen atoms in total. The lowest BCUT2D eigenvalue weighted by atomic mass is 9.81. The van der Waals surface area contributed by atoms with Crippen LogP contribution in [0, 0.1) is 5.92 Å². The fourth-order valence-corrected chi connectivity index (χ4v) is 7.59. The second-order valence-electron chi connectivity index (χ2n) is 12.2. The minimum absolute atomic E-state index is 0.0478. The van der Waals surface area contributed by atoms with E-state index in [1.165, 1.54) is 4.90 Å². The molecule has 0 radical (unpaired) electrons. The summed E-state index contributed by atoms with van der Waals surface area (Å²) in [5.74, 6) is -3.22. The molecule has 9 heteroatoms. The number of hydrogen-bond donors (Lipinski definition) is 1. The van der Waals surface area contributed by atoms with Gasteiger partial charge >= 0.3 is 6.03 Å². The highest BCUT2D eigenvalue weighted by molar-refractivity contribution is 6.07. The van der Waals surface area contributed by atoms with Gasteiger partial charge in [0.2, 0.25) is 11.8 Å². The van der Waals surface area contributed by atoms with E-state index in [-0.39, 0.29) is 73.6 Å². The first-order valence-electron chi connectivity index (χ1n) is 14.7. The number of likely N-dealkylation sites (N-methyl/N-ethyl adjacent to an activating group) is 1. The third kappa shape index (κ3) is 5.19. The topological polar surface area (TPSA) is 73.0 Å². The number of benzene rings is 1. The summed E-state index contributed by atoms with van der Waals surface area (Å²) in [7, 11) is 0. The Morgan fingerprint density at radius 3 is 2.21 bits per heavy atom. The van der Waals surface area contributed by atoms with E-state index in [1.54, 1.807) is 4.90 Å². The van der Waals surface area contributed by atoms with Gasteiger partial charge in [-0.2, -0.15) is 0 Å². The second-order valence-corrected chi connectivity index (χ2v) is 12.2. The van der Waals surface area contributed by atoms with Gasteiger partial charge in [0.25, 0.3) is 5.91 Å². The molecule has 4 amide bonds. The largest absolute Gasteiger partial charge is 0.349 e. The predicted octanol–water partition coefficient (Wildman–Crippen LogP) is 5.12. The second kappa shape index (κ2) is 10.8. The molecule has 5 rings (SSSR count). The normalized spacial score (nSPS) is 30.0. The molecule has 39 heavy (non-hydrogen) atoms. The number of fused-ring (bicyclic) bond motifs is 2. The maximum Gasteiger partial charge on any atom is 0.327 e. The summed E-state index contributed by atoms with van der Waals surface area (Å²) in [6, 6.07) is 9.70. The van der Waals surface area contributed by atoms with E-state index in [1.807, 2.05) is 51.1 Å². The van der Waals surface area contributed by atoms with E-state index < -0.39 is 11.5 Å². The van der Waals surface area contributed by atoms with Gasteiger partial charge in [-0.3, -0.25) is 19.4 Å². The molecule has 1 saturated carbocycles. The first kappa shape index (κ1) is 28.0. The van der Waals surface area contributed by atoms with Crippen LogP contribution in [0.4, 0.5) is 13.6 Å². The lowest BCUT2D eigenvalue weighted by Crippen LogP contribution is -2.60. The van der Waals surface area contributed by atoms with E-state index in [4.69, 9.17) is 0 Å². The molecule has 1 aliphatic carbocycles. The minimum atomic E-state index is -2.66. The average molecular weight is 545 g/mol. The molecular formula is C30H42F2N4O3. The van der Waals surface area contributed by atoms with Crippen molar-refractivity contribution in [1.29, 1.82) is 0 Å². The maximum atomic E-state index is 13.7. The van der Waals surface area contributed by atoms with Gasteiger partial charge in [0.1, 0.15) is 5.54 Å². The molecule has 214 valence electrons. The number of amides is 4. The molecule has 1 N–H and O–H groups in total. The van der Waals surface area contributed by atoms with E-state index >= 15 is 0 Å². The van der Waals surface area contributed by atoms with Crippen LogP contribution in [0.15, 0.2) is 30.3 Å². The number of alkyl halides is 2. The van der Waals surface area contributed by atoms with Crippen LogP contribution in [-0.4, -0.2) is 75.2 Å². The van der Waals surface area contributed by atoms with Gasteiger partial charge in [-0.1, -0.05) is 30.3 Å². The lowest BCUT2D eigenvalue weighted by Gasteiger charge is -2.47. The predicted molar refractivity (Wildman–Crippen MR) is 144 cm³/mol. The number of halogens is 2. The third-order valence-corrected chi connectivity index (χ3v) is 9.60. The number of hydrogen-bond acceptors (Lipinski definition) is 4. The van der Waals surface area contributed by atoms with Crippen LogP contribution >= 0.6 is 0 Å². The summed E-state index contributed by atoms with van der Waals surface area (Å²) in [5.41, 5.74) is 0.253. The maximum absolute atomic E-state index is 13.7. The molecule has 2 bridgehead atoms. The van der Waals surface area contributed by atoms with Crippen LogP contribution in [0.2, 0.25) is 0 Å². The highest BCUT2D eigenvalue weighted by Crippen LogP contribution is 2.48. The van der Waals surface area contributed by atoms with Crippen molar-refractivity contribution in [3.05, 3.63) is 35.9 Å². The van der Waals surface area contributed by atoms with Crippen molar-refractivity contribution in [2.75, 3.05) is 13.1 Å². The number of imide groups is 1. The molecule has 1 aromatic rings. The molecular weight excluding hydrogens is 502 g/mol. The third-order valence-electron chi connectivity index (χ3n) is 9.60. The van der Waals surface area contributed by atoms with E-state index in [2.05, 4.69) is 10.2 Å². The van der Waals surface area contributed by atoms with Crippen LogP contribution < -0.4 is 5.32 Å². The zero-order valence-electron chi connectivity index (χ0n) is 23.4. The zero-order chi connectivity index (χ0) is 27.9. The zero-order valence-corrected chi connectivity index (χ0v) is 23.4. The van der Waals surface area contributed by atoms with Crippen LogP contribution in [0.3, 0.4) is 0 Å². The van der Waals surface area contributed by atoms with Gasteiger partial charge in [0.05, 0.1) is 6.04 Å². The lowest BCUT2D eigenvalue weighted by molar-refractivity contribution is -0.138. The van der Waals surface area contributed by atoms with Gasteiger partial charge < -0.3 is 10.2 Å². The summed E-state index contributed by atoms with van der Waals surface area (Å²) in [4.78, 5) is 45.7. The molecule has 3 aliphatic heterocycles. The fraction of sp³-hybridized carbons (Fsp3) is 0.700. The first-order valence-corrected chi connectivity index (χ1v) is 14.7. The molecule has 1 spiro atoms. The Labute approximate surface area is 230 Å². The van der Waals surface area contributed by atoms with Crippen molar-refractivity contribution >= 4 is 17.8 Å². The highest BCUT2D eigenvalue weighted by Gasteiger charge is 2.62. The number of nitrogens with one attached hydrogen (secondary N) is 1. The molecule has 3 saturated heterocycles. The quantitative estimate of drug-likeness (QED) is 0.462. The van der Waals surface area contributed by atoms with Crippen molar-refractivity contribution < 1.29 is 23.2 Å². The Hall–Kier alpha value is -2.55. The molecule has 4 fully saturated rings. The summed E-state index contributed by atoms with van der Waals surface area (Å²) in [5, 5.41) is 3.19. The van der Waals surface area contributed by atoms with Crippen molar-refractivity contribution in [2.24, 2.45) is 5.92 Å². The molecule has 1 aromatic carbocycles. The van der Waals surface area contributed by atoms with Crippen molar-refractivity contribution in [3.8, 4) is 0 Å². The van der Waals surface area contributed by atoms with Gasteiger partial charge in [0, 0.05) is 50.0 Å². The molecule has 4 aliphatic rings. The number of carbonyl (C=O) groups is 3. The Balaban J connectivity index is 1.28.